The summed E-state index contributed by atoms with van der Waals surface area (Å²) >= 11 is 1.77. The lowest BCUT2D eigenvalue weighted by Gasteiger charge is -2.15. The second-order valence-corrected chi connectivity index (χ2v) is 5.55. The van der Waals surface area contributed by atoms with Crippen LogP contribution in [0.1, 0.15) is 32.7 Å². The average Bonchev–Trinajstić information content (AvgIpc) is 2.62. The van der Waals surface area contributed by atoms with E-state index in [0.29, 0.717) is 0 Å². The zero-order chi connectivity index (χ0) is 12.4. The third kappa shape index (κ3) is 2.56. The standard InChI is InChI=1S/C14H18N2S/c1-9-5-7-12(8-6-9)13(15-4)14-10(2)16-11(3)17-14/h5-8,13,15H,1-4H3. The van der Waals surface area contributed by atoms with E-state index >= 15 is 0 Å². The third-order valence-electron chi connectivity index (χ3n) is 2.90. The fraction of sp³-hybridized carbons (Fsp3) is 0.357. The predicted octanol–water partition coefficient (Wildman–Crippen LogP) is 3.38. The van der Waals surface area contributed by atoms with Gasteiger partial charge in [0.2, 0.25) is 0 Å². The van der Waals surface area contributed by atoms with Crippen molar-refractivity contribution in [1.29, 1.82) is 0 Å². The van der Waals surface area contributed by atoms with Gasteiger partial charge in [0.05, 0.1) is 16.7 Å². The van der Waals surface area contributed by atoms with E-state index in [1.165, 1.54) is 16.0 Å². The highest BCUT2D eigenvalue weighted by atomic mass is 32.1. The maximum atomic E-state index is 4.50. The first-order chi connectivity index (χ1) is 8.11. The number of hydrogen-bond acceptors (Lipinski definition) is 3. The van der Waals surface area contributed by atoms with Crippen molar-refractivity contribution in [3.05, 3.63) is 51.0 Å². The molecule has 1 N–H and O–H groups in total. The quantitative estimate of drug-likeness (QED) is 0.898. The minimum Gasteiger partial charge on any atom is -0.309 e. The Kier molecular flexibility index (Phi) is 3.60. The Hall–Kier alpha value is -1.19. The molecule has 3 heteroatoms. The summed E-state index contributed by atoms with van der Waals surface area (Å²) in [4.78, 5) is 5.82. The lowest BCUT2D eigenvalue weighted by molar-refractivity contribution is 0.697. The van der Waals surface area contributed by atoms with Crippen LogP contribution < -0.4 is 5.32 Å². The van der Waals surface area contributed by atoms with Crippen LogP contribution in [0.15, 0.2) is 24.3 Å². The van der Waals surface area contributed by atoms with Crippen LogP contribution in [0.2, 0.25) is 0 Å². The molecule has 0 saturated heterocycles. The summed E-state index contributed by atoms with van der Waals surface area (Å²) in [7, 11) is 2.00. The van der Waals surface area contributed by atoms with Gasteiger partial charge in [-0.1, -0.05) is 29.8 Å². The highest BCUT2D eigenvalue weighted by Crippen LogP contribution is 2.29. The number of hydrogen-bond donors (Lipinski definition) is 1. The number of aryl methyl sites for hydroxylation is 3. The van der Waals surface area contributed by atoms with Gasteiger partial charge in [-0.2, -0.15) is 0 Å². The van der Waals surface area contributed by atoms with E-state index < -0.39 is 0 Å². The second-order valence-electron chi connectivity index (χ2n) is 4.31. The van der Waals surface area contributed by atoms with Crippen LogP contribution in [0.5, 0.6) is 0 Å². The molecular formula is C14H18N2S. The molecule has 0 aliphatic rings. The smallest absolute Gasteiger partial charge is 0.0900 e. The van der Waals surface area contributed by atoms with Crippen LogP contribution in [0.4, 0.5) is 0 Å². The summed E-state index contributed by atoms with van der Waals surface area (Å²) in [5, 5.41) is 4.51. The topological polar surface area (TPSA) is 24.9 Å². The van der Waals surface area contributed by atoms with Crippen LogP contribution >= 0.6 is 11.3 Å². The normalized spacial score (nSPS) is 12.7. The first kappa shape index (κ1) is 12.3. The second kappa shape index (κ2) is 4.98. The van der Waals surface area contributed by atoms with Gasteiger partial charge in [0.1, 0.15) is 0 Å². The molecule has 0 radical (unpaired) electrons. The minimum atomic E-state index is 0.252. The van der Waals surface area contributed by atoms with E-state index in [0.717, 1.165) is 10.7 Å². The number of benzene rings is 1. The van der Waals surface area contributed by atoms with Gasteiger partial charge in [-0.3, -0.25) is 0 Å². The van der Waals surface area contributed by atoms with Gasteiger partial charge in [-0.25, -0.2) is 4.98 Å². The van der Waals surface area contributed by atoms with Crippen molar-refractivity contribution < 1.29 is 0 Å². The van der Waals surface area contributed by atoms with Crippen LogP contribution in [-0.2, 0) is 0 Å². The van der Waals surface area contributed by atoms with Gasteiger partial charge < -0.3 is 5.32 Å². The van der Waals surface area contributed by atoms with Gasteiger partial charge >= 0.3 is 0 Å². The van der Waals surface area contributed by atoms with Gasteiger partial charge in [-0.15, -0.1) is 11.3 Å². The van der Waals surface area contributed by atoms with Crippen molar-refractivity contribution in [1.82, 2.24) is 10.3 Å². The first-order valence-corrected chi connectivity index (χ1v) is 6.61. The SMILES string of the molecule is CNC(c1ccc(C)cc1)c1sc(C)nc1C. The van der Waals surface area contributed by atoms with Crippen molar-refractivity contribution >= 4 is 11.3 Å². The average molecular weight is 246 g/mol. The number of nitrogens with one attached hydrogen (secondary N) is 1. The molecule has 1 aromatic carbocycles. The summed E-state index contributed by atoms with van der Waals surface area (Å²) in [6.45, 7) is 6.25. The molecule has 0 saturated carbocycles. The Balaban J connectivity index is 2.39. The maximum absolute atomic E-state index is 4.50. The van der Waals surface area contributed by atoms with E-state index in [9.17, 15) is 0 Å². The molecule has 2 aromatic rings. The van der Waals surface area contributed by atoms with E-state index in [-0.39, 0.29) is 6.04 Å². The number of aromatic nitrogens is 1. The first-order valence-electron chi connectivity index (χ1n) is 5.79. The van der Waals surface area contributed by atoms with Crippen LogP contribution in [0.3, 0.4) is 0 Å². The predicted molar refractivity (Wildman–Crippen MR) is 73.7 cm³/mol. The molecule has 90 valence electrons. The summed E-state index contributed by atoms with van der Waals surface area (Å²) in [6, 6.07) is 8.93. The maximum Gasteiger partial charge on any atom is 0.0900 e. The van der Waals surface area contributed by atoms with Crippen molar-refractivity contribution in [2.24, 2.45) is 0 Å². The highest BCUT2D eigenvalue weighted by molar-refractivity contribution is 7.11. The largest absolute Gasteiger partial charge is 0.309 e. The molecule has 0 spiro atoms. The molecule has 17 heavy (non-hydrogen) atoms. The molecule has 2 rings (SSSR count). The Morgan fingerprint density at radius 2 is 1.76 bits per heavy atom. The molecule has 0 aliphatic heterocycles. The van der Waals surface area contributed by atoms with Gasteiger partial charge in [0.15, 0.2) is 0 Å². The zero-order valence-electron chi connectivity index (χ0n) is 10.7. The lowest BCUT2D eigenvalue weighted by Crippen LogP contribution is -2.17. The molecule has 2 nitrogen and oxygen atoms in total. The molecule has 0 bridgehead atoms. The number of thiazole rings is 1. The van der Waals surface area contributed by atoms with Crippen LogP contribution in [-0.4, -0.2) is 12.0 Å². The summed E-state index contributed by atoms with van der Waals surface area (Å²) < 4.78 is 0. The Morgan fingerprint density at radius 1 is 1.12 bits per heavy atom. The monoisotopic (exact) mass is 246 g/mol. The fourth-order valence-corrected chi connectivity index (χ4v) is 3.09. The minimum absolute atomic E-state index is 0.252. The van der Waals surface area contributed by atoms with E-state index in [2.05, 4.69) is 55.3 Å². The molecule has 0 fully saturated rings. The van der Waals surface area contributed by atoms with E-state index in [4.69, 9.17) is 0 Å². The van der Waals surface area contributed by atoms with Crippen molar-refractivity contribution in [3.63, 3.8) is 0 Å². The summed E-state index contributed by atoms with van der Waals surface area (Å²) in [6.07, 6.45) is 0. The van der Waals surface area contributed by atoms with E-state index in [1.54, 1.807) is 11.3 Å². The van der Waals surface area contributed by atoms with Crippen molar-refractivity contribution in [2.45, 2.75) is 26.8 Å². The molecule has 1 aromatic heterocycles. The lowest BCUT2D eigenvalue weighted by atomic mass is 10.0. The van der Waals surface area contributed by atoms with Gasteiger partial charge in [-0.05, 0) is 33.4 Å². The number of rotatable bonds is 3. The molecule has 0 amide bonds. The third-order valence-corrected chi connectivity index (χ3v) is 4.04. The van der Waals surface area contributed by atoms with E-state index in [1.807, 2.05) is 7.05 Å². The molecule has 1 heterocycles. The molecule has 0 aliphatic carbocycles. The fourth-order valence-electron chi connectivity index (χ4n) is 2.02. The summed E-state index contributed by atoms with van der Waals surface area (Å²) in [5.74, 6) is 0. The summed E-state index contributed by atoms with van der Waals surface area (Å²) in [5.41, 5.74) is 3.72. The number of nitrogens with zero attached hydrogens (tertiary/aromatic N) is 1. The Labute approximate surface area is 107 Å². The molecular weight excluding hydrogens is 228 g/mol. The van der Waals surface area contributed by atoms with Gasteiger partial charge in [0.25, 0.3) is 0 Å². The molecule has 1 unspecified atom stereocenters. The van der Waals surface area contributed by atoms with Crippen LogP contribution in [0, 0.1) is 20.8 Å². The Morgan fingerprint density at radius 3 is 2.24 bits per heavy atom. The zero-order valence-corrected chi connectivity index (χ0v) is 11.6. The van der Waals surface area contributed by atoms with Crippen molar-refractivity contribution in [3.8, 4) is 0 Å². The van der Waals surface area contributed by atoms with Gasteiger partial charge in [0, 0.05) is 4.88 Å². The Bertz CT molecular complexity index is 499. The molecule has 1 atom stereocenters. The highest BCUT2D eigenvalue weighted by Gasteiger charge is 2.17. The van der Waals surface area contributed by atoms with Crippen molar-refractivity contribution in [2.75, 3.05) is 7.05 Å². The van der Waals surface area contributed by atoms with Crippen LogP contribution in [0.25, 0.3) is 0 Å².